The highest BCUT2D eigenvalue weighted by Gasteiger charge is 2.23. The zero-order valence-corrected chi connectivity index (χ0v) is 36.3. The molecule has 0 amide bonds. The molecule has 0 aliphatic rings. The smallest absolute Gasteiger partial charge is 0.466 e. The van der Waals surface area contributed by atoms with Gasteiger partial charge in [-0.05, 0) is 12.5 Å². The van der Waals surface area contributed by atoms with E-state index in [1.807, 2.05) is 18.2 Å². The lowest BCUT2D eigenvalue weighted by Crippen LogP contribution is -2.38. The molecule has 0 aliphatic heterocycles. The summed E-state index contributed by atoms with van der Waals surface area (Å²) < 4.78 is 50.4. The summed E-state index contributed by atoms with van der Waals surface area (Å²) in [4.78, 5) is 64.7. The van der Waals surface area contributed by atoms with E-state index in [-0.39, 0.29) is 6.10 Å². The molecule has 0 bridgehead atoms. The van der Waals surface area contributed by atoms with E-state index in [0.29, 0.717) is 35.7 Å². The first-order valence-electron chi connectivity index (χ1n) is 18.6. The van der Waals surface area contributed by atoms with Crippen LogP contribution in [0.1, 0.15) is 121 Å². The van der Waals surface area contributed by atoms with Crippen molar-refractivity contribution in [3.05, 3.63) is 23.8 Å². The van der Waals surface area contributed by atoms with E-state index in [0.717, 1.165) is 18.6 Å². The Morgan fingerprint density at radius 3 is 1.35 bits per heavy atom. The highest BCUT2D eigenvalue weighted by atomic mass is 31.2. The number of para-hydroxylation sites is 1. The standard InChI is InChI=1S/C34H64NO5.3H3O4P/c1-7-8-9-10-11-12-13-14-15-16-17-18-19-20-21-22-26-39-28-30(37-5)29-40-33-25-23-24-31(34(33)38-6)32(36)27-35(2,3)4;3*1-5(2,3)4/h23-25,30,32,36H,7-22,26-29H2,1-6H3;3*(H3,1,2,3,4)/q+1;;;. The van der Waals surface area contributed by atoms with Crippen molar-refractivity contribution < 1.29 is 86.3 Å². The average molecular weight is 861 g/mol. The van der Waals surface area contributed by atoms with Crippen LogP contribution in [0.2, 0.25) is 0 Å². The van der Waals surface area contributed by atoms with Crippen LogP contribution in [0.4, 0.5) is 0 Å². The van der Waals surface area contributed by atoms with Gasteiger partial charge in [0.25, 0.3) is 0 Å². The monoisotopic (exact) mass is 860 g/mol. The van der Waals surface area contributed by atoms with Crippen LogP contribution in [-0.4, -0.2) is 121 Å². The number of ether oxygens (including phenoxy) is 4. The number of phosphoric acid groups is 3. The van der Waals surface area contributed by atoms with E-state index >= 15 is 0 Å². The molecule has 0 aliphatic carbocycles. The molecule has 0 heterocycles. The molecule has 21 heteroatoms. The molecule has 55 heavy (non-hydrogen) atoms. The number of quaternary nitrogens is 1. The number of rotatable bonds is 27. The van der Waals surface area contributed by atoms with Crippen LogP contribution in [0.3, 0.4) is 0 Å². The predicted molar refractivity (Wildman–Crippen MR) is 210 cm³/mol. The largest absolute Gasteiger partial charge is 0.492 e. The van der Waals surface area contributed by atoms with Crippen molar-refractivity contribution in [2.75, 3.05) is 61.7 Å². The van der Waals surface area contributed by atoms with Gasteiger partial charge in [0.1, 0.15) is 25.4 Å². The Balaban J connectivity index is -0.00000151. The average Bonchev–Trinajstić information content (AvgIpc) is 3.02. The molecule has 0 spiro atoms. The first-order valence-corrected chi connectivity index (χ1v) is 23.3. The summed E-state index contributed by atoms with van der Waals surface area (Å²) in [5.41, 5.74) is 0.738. The summed E-state index contributed by atoms with van der Waals surface area (Å²) in [7, 11) is -4.46. The lowest BCUT2D eigenvalue weighted by Gasteiger charge is -2.28. The number of nitrogens with zero attached hydrogens (tertiary/aromatic N) is 1. The molecular weight excluding hydrogens is 787 g/mol. The first-order chi connectivity index (χ1) is 25.3. The molecule has 1 aromatic rings. The number of unbranched alkanes of at least 4 members (excludes halogenated alkanes) is 15. The minimum Gasteiger partial charge on any atom is -0.492 e. The van der Waals surface area contributed by atoms with Crippen LogP contribution in [0.5, 0.6) is 11.5 Å². The summed E-state index contributed by atoms with van der Waals surface area (Å²) in [5, 5.41) is 10.7. The van der Waals surface area contributed by atoms with E-state index in [4.69, 9.17) is 76.7 Å². The third-order valence-corrected chi connectivity index (χ3v) is 7.50. The minimum atomic E-state index is -4.64. The van der Waals surface area contributed by atoms with Gasteiger partial charge in [-0.1, -0.05) is 115 Å². The molecule has 0 radical (unpaired) electrons. The maximum atomic E-state index is 10.7. The molecule has 0 fully saturated rings. The number of methoxy groups -OCH3 is 2. The molecule has 18 nitrogen and oxygen atoms in total. The second kappa shape index (κ2) is 33.9. The quantitative estimate of drug-likeness (QED) is 0.0304. The van der Waals surface area contributed by atoms with Gasteiger partial charge < -0.3 is 72.6 Å². The number of likely N-dealkylation sites (N-methyl/N-ethyl adjacent to an activating group) is 1. The third-order valence-electron chi connectivity index (χ3n) is 7.50. The SMILES string of the molecule is CCCCCCCCCCCCCCCCCCOCC(COc1cccc(C(O)C[N+](C)(C)C)c1OC)OC.O=P(O)(O)O.O=P(O)(O)O.O=P(O)(O)O. The van der Waals surface area contributed by atoms with Gasteiger partial charge in [-0.15, -0.1) is 0 Å². The van der Waals surface area contributed by atoms with E-state index < -0.39 is 29.6 Å². The fraction of sp³-hybridized carbons (Fsp3) is 0.824. The van der Waals surface area contributed by atoms with Crippen LogP contribution in [-0.2, 0) is 23.2 Å². The predicted octanol–water partition coefficient (Wildman–Crippen LogP) is 5.32. The van der Waals surface area contributed by atoms with Crippen molar-refractivity contribution in [1.82, 2.24) is 0 Å². The minimum absolute atomic E-state index is 0.161. The highest BCUT2D eigenvalue weighted by molar-refractivity contribution is 7.45. The summed E-state index contributed by atoms with van der Waals surface area (Å²) in [5.74, 6) is 1.19. The maximum Gasteiger partial charge on any atom is 0.466 e. The number of hydrogen-bond donors (Lipinski definition) is 10. The van der Waals surface area contributed by atoms with Gasteiger partial charge in [0.2, 0.25) is 0 Å². The van der Waals surface area contributed by atoms with E-state index in [2.05, 4.69) is 28.1 Å². The van der Waals surface area contributed by atoms with Crippen molar-refractivity contribution in [2.45, 2.75) is 122 Å². The molecule has 0 saturated carbocycles. The van der Waals surface area contributed by atoms with Crippen molar-refractivity contribution in [3.8, 4) is 11.5 Å². The Hall–Kier alpha value is -1.01. The lowest BCUT2D eigenvalue weighted by molar-refractivity contribution is -0.874. The second-order valence-electron chi connectivity index (χ2n) is 14.0. The Kier molecular flexibility index (Phi) is 36.0. The van der Waals surface area contributed by atoms with E-state index in [9.17, 15) is 5.11 Å². The van der Waals surface area contributed by atoms with Crippen LogP contribution in [0.25, 0.3) is 0 Å². The number of hydrogen-bond acceptors (Lipinski definition) is 8. The van der Waals surface area contributed by atoms with Crippen LogP contribution in [0.15, 0.2) is 18.2 Å². The number of aliphatic hydroxyl groups is 1. The molecule has 1 rings (SSSR count). The Bertz CT molecular complexity index is 1120. The van der Waals surface area contributed by atoms with Crippen LogP contribution in [0, 0.1) is 0 Å². The molecule has 2 unspecified atom stereocenters. The topological polar surface area (TPSA) is 290 Å². The fourth-order valence-electron chi connectivity index (χ4n) is 5.08. The first kappa shape index (κ1) is 58.3. The van der Waals surface area contributed by atoms with Crippen molar-refractivity contribution >= 4 is 23.5 Å². The molecular formula is C34H73NO17P3+. The van der Waals surface area contributed by atoms with Crippen molar-refractivity contribution in [1.29, 1.82) is 0 Å². The molecule has 2 atom stereocenters. The van der Waals surface area contributed by atoms with Gasteiger partial charge in [0, 0.05) is 19.3 Å². The van der Waals surface area contributed by atoms with E-state index in [1.54, 1.807) is 14.2 Å². The molecule has 0 aromatic heterocycles. The second-order valence-corrected chi connectivity index (χ2v) is 17.0. The lowest BCUT2D eigenvalue weighted by atomic mass is 10.0. The highest BCUT2D eigenvalue weighted by Crippen LogP contribution is 2.35. The Morgan fingerprint density at radius 1 is 0.618 bits per heavy atom. The van der Waals surface area contributed by atoms with Gasteiger partial charge in [-0.2, -0.15) is 0 Å². The van der Waals surface area contributed by atoms with Gasteiger partial charge in [0.15, 0.2) is 11.5 Å². The molecule has 330 valence electrons. The van der Waals surface area contributed by atoms with Crippen LogP contribution >= 0.6 is 23.5 Å². The van der Waals surface area contributed by atoms with Crippen LogP contribution < -0.4 is 9.47 Å². The van der Waals surface area contributed by atoms with Crippen molar-refractivity contribution in [3.63, 3.8) is 0 Å². The van der Waals surface area contributed by atoms with Gasteiger partial charge in [-0.3, -0.25) is 0 Å². The molecule has 1 aromatic carbocycles. The molecule has 0 saturated heterocycles. The number of benzene rings is 1. The Morgan fingerprint density at radius 2 is 1.00 bits per heavy atom. The zero-order valence-electron chi connectivity index (χ0n) is 33.6. The summed E-state index contributed by atoms with van der Waals surface area (Å²) in [6, 6.07) is 5.65. The molecule has 10 N–H and O–H groups in total. The fourth-order valence-corrected chi connectivity index (χ4v) is 5.08. The summed E-state index contributed by atoms with van der Waals surface area (Å²) in [6.07, 6.45) is 21.1. The normalized spacial score (nSPS) is 12.9. The summed E-state index contributed by atoms with van der Waals surface area (Å²) >= 11 is 0. The van der Waals surface area contributed by atoms with Gasteiger partial charge in [-0.25, -0.2) is 13.7 Å². The van der Waals surface area contributed by atoms with Crippen molar-refractivity contribution in [2.24, 2.45) is 0 Å². The zero-order chi connectivity index (χ0) is 43.0. The van der Waals surface area contributed by atoms with Gasteiger partial charge >= 0.3 is 23.5 Å². The summed E-state index contributed by atoms with van der Waals surface area (Å²) in [6.45, 7) is 4.48. The Labute approximate surface area is 328 Å². The van der Waals surface area contributed by atoms with Gasteiger partial charge in [0.05, 0.1) is 34.9 Å². The number of aliphatic hydroxyl groups excluding tert-OH is 1. The maximum absolute atomic E-state index is 10.7. The third kappa shape index (κ3) is 53.0. The van der Waals surface area contributed by atoms with E-state index in [1.165, 1.54) is 96.3 Å².